The standard InChI is InChI=1S/C16H19N3O5S/c1-10(16(21)18-11-6-7-11)24-14(20)8-9-17-15-12-4-2-3-5-13(12)25(22,23)19-15/h2-5,10-11H,6-9H2,1H3,(H,17,19)(H,18,21)/t10-/m1/s1. The molecule has 0 saturated heterocycles. The predicted octanol–water partition coefficient (Wildman–Crippen LogP) is 0.325. The van der Waals surface area contributed by atoms with Gasteiger partial charge in [-0.3, -0.25) is 19.3 Å². The van der Waals surface area contributed by atoms with E-state index in [9.17, 15) is 18.0 Å². The van der Waals surface area contributed by atoms with Crippen LogP contribution in [0, 0.1) is 0 Å². The number of benzene rings is 1. The van der Waals surface area contributed by atoms with Crippen molar-refractivity contribution in [3.05, 3.63) is 29.8 Å². The number of nitrogens with zero attached hydrogens (tertiary/aromatic N) is 1. The van der Waals surface area contributed by atoms with Gasteiger partial charge in [-0.25, -0.2) is 8.42 Å². The van der Waals surface area contributed by atoms with Crippen LogP contribution >= 0.6 is 0 Å². The second-order valence-electron chi connectivity index (χ2n) is 6.00. The lowest BCUT2D eigenvalue weighted by Gasteiger charge is -2.12. The highest BCUT2D eigenvalue weighted by Crippen LogP contribution is 2.22. The molecule has 1 fully saturated rings. The van der Waals surface area contributed by atoms with Crippen LogP contribution in [-0.2, 0) is 24.3 Å². The minimum absolute atomic E-state index is 0.0472. The molecule has 3 rings (SSSR count). The van der Waals surface area contributed by atoms with E-state index in [-0.39, 0.29) is 35.6 Å². The van der Waals surface area contributed by atoms with E-state index in [1.165, 1.54) is 13.0 Å². The zero-order valence-corrected chi connectivity index (χ0v) is 14.5. The number of ether oxygens (including phenoxy) is 1. The van der Waals surface area contributed by atoms with E-state index in [0.29, 0.717) is 5.56 Å². The fourth-order valence-electron chi connectivity index (χ4n) is 2.37. The fraction of sp³-hybridized carbons (Fsp3) is 0.438. The number of amidine groups is 1. The largest absolute Gasteiger partial charge is 0.452 e. The smallest absolute Gasteiger partial charge is 0.308 e. The lowest BCUT2D eigenvalue weighted by atomic mass is 10.2. The van der Waals surface area contributed by atoms with E-state index < -0.39 is 22.1 Å². The molecule has 8 nitrogen and oxygen atoms in total. The van der Waals surface area contributed by atoms with Gasteiger partial charge in [-0.2, -0.15) is 0 Å². The highest BCUT2D eigenvalue weighted by Gasteiger charge is 2.30. The molecule has 1 aliphatic heterocycles. The quantitative estimate of drug-likeness (QED) is 0.705. The number of sulfonamides is 1. The molecule has 2 N–H and O–H groups in total. The summed E-state index contributed by atoms with van der Waals surface area (Å²) in [6.07, 6.45) is 1.02. The number of amides is 1. The summed E-state index contributed by atoms with van der Waals surface area (Å²) in [6.45, 7) is 1.57. The molecule has 0 spiro atoms. The van der Waals surface area contributed by atoms with Crippen LogP contribution in [0.4, 0.5) is 0 Å². The van der Waals surface area contributed by atoms with Gasteiger partial charge < -0.3 is 10.1 Å². The van der Waals surface area contributed by atoms with E-state index in [2.05, 4.69) is 15.0 Å². The molecule has 2 aliphatic rings. The van der Waals surface area contributed by atoms with Gasteiger partial charge in [0.05, 0.1) is 17.9 Å². The van der Waals surface area contributed by atoms with Crippen LogP contribution in [0.2, 0.25) is 0 Å². The number of hydrogen-bond donors (Lipinski definition) is 2. The first-order valence-electron chi connectivity index (χ1n) is 8.03. The molecule has 1 aromatic carbocycles. The Labute approximate surface area is 145 Å². The topological polar surface area (TPSA) is 114 Å². The van der Waals surface area contributed by atoms with Gasteiger partial charge in [0, 0.05) is 11.6 Å². The van der Waals surface area contributed by atoms with Gasteiger partial charge in [-0.1, -0.05) is 12.1 Å². The third-order valence-electron chi connectivity index (χ3n) is 3.85. The van der Waals surface area contributed by atoms with Crippen molar-refractivity contribution in [1.29, 1.82) is 0 Å². The van der Waals surface area contributed by atoms with Gasteiger partial charge in [0.25, 0.3) is 15.9 Å². The Bertz CT molecular complexity index is 830. The zero-order chi connectivity index (χ0) is 18.0. The van der Waals surface area contributed by atoms with Gasteiger partial charge in [0.15, 0.2) is 6.10 Å². The van der Waals surface area contributed by atoms with E-state index in [4.69, 9.17) is 4.74 Å². The second kappa shape index (κ2) is 6.83. The van der Waals surface area contributed by atoms with Crippen molar-refractivity contribution >= 4 is 27.7 Å². The van der Waals surface area contributed by atoms with Crippen molar-refractivity contribution in [2.24, 2.45) is 4.99 Å². The molecule has 0 radical (unpaired) electrons. The molecule has 1 aliphatic carbocycles. The van der Waals surface area contributed by atoms with Crippen LogP contribution in [0.1, 0.15) is 31.7 Å². The highest BCUT2D eigenvalue weighted by atomic mass is 32.2. The monoisotopic (exact) mass is 365 g/mol. The summed E-state index contributed by atoms with van der Waals surface area (Å²) in [5, 5.41) is 2.76. The Hall–Kier alpha value is -2.42. The van der Waals surface area contributed by atoms with Crippen molar-refractivity contribution in [3.8, 4) is 0 Å². The molecule has 0 unspecified atom stereocenters. The SMILES string of the molecule is C[C@@H](OC(=O)CCN=C1NS(=O)(=O)c2ccccc21)C(=O)NC1CC1. The fourth-order valence-corrected chi connectivity index (χ4v) is 3.62. The third-order valence-corrected chi connectivity index (χ3v) is 5.25. The summed E-state index contributed by atoms with van der Waals surface area (Å²) < 4.78 is 31.3. The van der Waals surface area contributed by atoms with Crippen LogP contribution in [0.15, 0.2) is 34.2 Å². The first kappa shape index (κ1) is 17.4. The molecule has 1 atom stereocenters. The minimum Gasteiger partial charge on any atom is -0.452 e. The number of carbonyl (C=O) groups excluding carboxylic acids is 2. The number of nitrogens with one attached hydrogen (secondary N) is 2. The van der Waals surface area contributed by atoms with Crippen molar-refractivity contribution in [1.82, 2.24) is 10.0 Å². The van der Waals surface area contributed by atoms with Gasteiger partial charge in [0.1, 0.15) is 5.84 Å². The number of fused-ring (bicyclic) bond motifs is 1. The molecule has 0 bridgehead atoms. The van der Waals surface area contributed by atoms with Crippen molar-refractivity contribution in [2.45, 2.75) is 43.2 Å². The molecule has 134 valence electrons. The zero-order valence-electron chi connectivity index (χ0n) is 13.7. The predicted molar refractivity (Wildman–Crippen MR) is 89.5 cm³/mol. The van der Waals surface area contributed by atoms with Crippen molar-refractivity contribution in [2.75, 3.05) is 6.54 Å². The Balaban J connectivity index is 1.53. The number of carbonyl (C=O) groups is 2. The number of rotatable bonds is 6. The molecular weight excluding hydrogens is 346 g/mol. The second-order valence-corrected chi connectivity index (χ2v) is 7.65. The molecule has 9 heteroatoms. The summed E-state index contributed by atoms with van der Waals surface area (Å²) in [6, 6.07) is 6.69. The molecule has 1 heterocycles. The van der Waals surface area contributed by atoms with Gasteiger partial charge in [-0.15, -0.1) is 0 Å². The number of hydrogen-bond acceptors (Lipinski definition) is 6. The Morgan fingerprint density at radius 3 is 2.80 bits per heavy atom. The average molecular weight is 365 g/mol. The van der Waals surface area contributed by atoms with Crippen LogP contribution in [0.25, 0.3) is 0 Å². The highest BCUT2D eigenvalue weighted by molar-refractivity contribution is 7.90. The van der Waals surface area contributed by atoms with Crippen molar-refractivity contribution in [3.63, 3.8) is 0 Å². The molecule has 1 amide bonds. The van der Waals surface area contributed by atoms with Crippen LogP contribution in [0.5, 0.6) is 0 Å². The average Bonchev–Trinajstić information content (AvgIpc) is 3.33. The van der Waals surface area contributed by atoms with Gasteiger partial charge in [0.2, 0.25) is 0 Å². The van der Waals surface area contributed by atoms with E-state index in [1.54, 1.807) is 18.2 Å². The van der Waals surface area contributed by atoms with E-state index in [0.717, 1.165) is 12.8 Å². The number of esters is 1. The first-order valence-corrected chi connectivity index (χ1v) is 9.51. The summed E-state index contributed by atoms with van der Waals surface area (Å²) in [5.74, 6) is -0.653. The number of aliphatic imine (C=N–C) groups is 1. The normalized spacial score (nSPS) is 20.4. The molecule has 0 aromatic heterocycles. The summed E-state index contributed by atoms with van der Waals surface area (Å²) in [4.78, 5) is 27.8. The molecule has 25 heavy (non-hydrogen) atoms. The molecular formula is C16H19N3O5S. The Morgan fingerprint density at radius 2 is 2.08 bits per heavy atom. The Kier molecular flexibility index (Phi) is 4.76. The van der Waals surface area contributed by atoms with E-state index in [1.807, 2.05) is 0 Å². The molecule has 1 saturated carbocycles. The van der Waals surface area contributed by atoms with Gasteiger partial charge >= 0.3 is 5.97 Å². The van der Waals surface area contributed by atoms with Crippen LogP contribution in [-0.4, -0.2) is 44.8 Å². The minimum atomic E-state index is -3.59. The summed E-state index contributed by atoms with van der Waals surface area (Å²) >= 11 is 0. The lowest BCUT2D eigenvalue weighted by Crippen LogP contribution is -2.37. The van der Waals surface area contributed by atoms with Crippen LogP contribution in [0.3, 0.4) is 0 Å². The van der Waals surface area contributed by atoms with E-state index >= 15 is 0 Å². The maximum absolute atomic E-state index is 11.9. The molecule has 1 aromatic rings. The Morgan fingerprint density at radius 1 is 1.36 bits per heavy atom. The first-order chi connectivity index (χ1) is 11.9. The lowest BCUT2D eigenvalue weighted by molar-refractivity contribution is -0.154. The van der Waals surface area contributed by atoms with Gasteiger partial charge in [-0.05, 0) is 31.9 Å². The maximum atomic E-state index is 11.9. The summed E-state index contributed by atoms with van der Waals surface area (Å²) in [5.41, 5.74) is 0.480. The van der Waals surface area contributed by atoms with Crippen molar-refractivity contribution < 1.29 is 22.7 Å². The maximum Gasteiger partial charge on any atom is 0.308 e. The summed E-state index contributed by atoms with van der Waals surface area (Å²) in [7, 11) is -3.59. The van der Waals surface area contributed by atoms with Crippen LogP contribution < -0.4 is 10.0 Å². The third kappa shape index (κ3) is 4.16.